The van der Waals surface area contributed by atoms with Gasteiger partial charge >= 0.3 is 0 Å². The van der Waals surface area contributed by atoms with Crippen molar-refractivity contribution in [2.24, 2.45) is 0 Å². The van der Waals surface area contributed by atoms with Gasteiger partial charge in [0, 0.05) is 11.8 Å². The van der Waals surface area contributed by atoms with Crippen LogP contribution in [0.1, 0.15) is 11.3 Å². The van der Waals surface area contributed by atoms with Crippen molar-refractivity contribution in [3.05, 3.63) is 71.7 Å². The number of furan rings is 1. The fourth-order valence-corrected chi connectivity index (χ4v) is 1.93. The second kappa shape index (κ2) is 4.06. The van der Waals surface area contributed by atoms with Gasteiger partial charge in [-0.1, -0.05) is 30.3 Å². The molecule has 0 atom stereocenters. The van der Waals surface area contributed by atoms with E-state index in [1.807, 2.05) is 30.3 Å². The molecule has 0 saturated carbocycles. The molecule has 2 aromatic carbocycles. The van der Waals surface area contributed by atoms with E-state index in [-0.39, 0.29) is 5.82 Å². The van der Waals surface area contributed by atoms with Crippen LogP contribution in [-0.2, 0) is 6.42 Å². The topological polar surface area (TPSA) is 13.1 Å². The molecule has 0 N–H and O–H groups in total. The molecule has 2 heteroatoms. The van der Waals surface area contributed by atoms with Gasteiger partial charge in [-0.15, -0.1) is 0 Å². The van der Waals surface area contributed by atoms with Crippen molar-refractivity contribution in [2.45, 2.75) is 6.42 Å². The number of halogens is 1. The molecule has 1 heterocycles. The van der Waals surface area contributed by atoms with E-state index in [1.165, 1.54) is 12.1 Å². The molecule has 84 valence electrons. The Morgan fingerprint density at radius 2 is 1.71 bits per heavy atom. The van der Waals surface area contributed by atoms with E-state index in [1.54, 1.807) is 12.1 Å². The fourth-order valence-electron chi connectivity index (χ4n) is 1.93. The van der Waals surface area contributed by atoms with Gasteiger partial charge in [-0.2, -0.15) is 0 Å². The Hall–Kier alpha value is -2.09. The van der Waals surface area contributed by atoms with Gasteiger partial charge in [0.05, 0.1) is 0 Å². The molecule has 0 radical (unpaired) electrons. The molecule has 1 aromatic heterocycles. The molecule has 0 spiro atoms. The third kappa shape index (κ3) is 2.07. The zero-order valence-corrected chi connectivity index (χ0v) is 9.19. The summed E-state index contributed by atoms with van der Waals surface area (Å²) in [7, 11) is 0. The second-order valence-corrected chi connectivity index (χ2v) is 4.05. The molecule has 0 amide bonds. The highest BCUT2D eigenvalue weighted by Gasteiger charge is 2.04. The smallest absolute Gasteiger partial charge is 0.134 e. The number of fused-ring (bicyclic) bond motifs is 1. The molecular weight excluding hydrogens is 215 g/mol. The van der Waals surface area contributed by atoms with Crippen LogP contribution in [0.3, 0.4) is 0 Å². The minimum atomic E-state index is -0.210. The first-order valence-electron chi connectivity index (χ1n) is 5.53. The van der Waals surface area contributed by atoms with Crippen molar-refractivity contribution in [1.29, 1.82) is 0 Å². The van der Waals surface area contributed by atoms with Crippen LogP contribution in [0.15, 0.2) is 59.0 Å². The lowest BCUT2D eigenvalue weighted by Gasteiger charge is -1.97. The Kier molecular flexibility index (Phi) is 2.41. The zero-order chi connectivity index (χ0) is 11.7. The summed E-state index contributed by atoms with van der Waals surface area (Å²) in [5.41, 5.74) is 1.94. The summed E-state index contributed by atoms with van der Waals surface area (Å²) in [5, 5.41) is 1.10. The molecule has 0 saturated heterocycles. The Bertz CT molecular complexity index is 604. The van der Waals surface area contributed by atoms with Crippen LogP contribution < -0.4 is 0 Å². The van der Waals surface area contributed by atoms with Gasteiger partial charge in [0.25, 0.3) is 0 Å². The van der Waals surface area contributed by atoms with E-state index in [4.69, 9.17) is 4.42 Å². The van der Waals surface area contributed by atoms with E-state index in [0.29, 0.717) is 6.42 Å². The highest BCUT2D eigenvalue weighted by Crippen LogP contribution is 2.21. The predicted octanol–water partition coefficient (Wildman–Crippen LogP) is 4.16. The first kappa shape index (κ1) is 10.1. The molecule has 3 rings (SSSR count). The van der Waals surface area contributed by atoms with E-state index >= 15 is 0 Å². The van der Waals surface area contributed by atoms with E-state index in [9.17, 15) is 4.39 Å². The van der Waals surface area contributed by atoms with Gasteiger partial charge in [-0.3, -0.25) is 0 Å². The number of hydrogen-bond donors (Lipinski definition) is 0. The molecular formula is C15H11FO. The number of benzene rings is 2. The first-order valence-corrected chi connectivity index (χ1v) is 5.53. The third-order valence-electron chi connectivity index (χ3n) is 2.77. The summed E-state index contributed by atoms with van der Waals surface area (Å²) in [6.45, 7) is 0. The Balaban J connectivity index is 1.92. The van der Waals surface area contributed by atoms with Gasteiger partial charge in [0.1, 0.15) is 17.2 Å². The number of rotatable bonds is 2. The predicted molar refractivity (Wildman–Crippen MR) is 65.4 cm³/mol. The molecule has 0 aliphatic carbocycles. The average Bonchev–Trinajstić information content (AvgIpc) is 2.74. The standard InChI is InChI=1S/C15H11FO/c16-13-7-5-11(6-8-13)9-14-10-12-3-1-2-4-15(12)17-14/h1-8,10H,9H2. The van der Waals surface area contributed by atoms with E-state index in [0.717, 1.165) is 22.3 Å². The van der Waals surface area contributed by atoms with Crippen LogP contribution in [0.25, 0.3) is 11.0 Å². The Labute approximate surface area is 98.5 Å². The van der Waals surface area contributed by atoms with Crippen molar-refractivity contribution in [2.75, 3.05) is 0 Å². The van der Waals surface area contributed by atoms with E-state index in [2.05, 4.69) is 0 Å². The second-order valence-electron chi connectivity index (χ2n) is 4.05. The van der Waals surface area contributed by atoms with Gasteiger partial charge in [0.2, 0.25) is 0 Å². The highest BCUT2D eigenvalue weighted by molar-refractivity contribution is 5.77. The largest absolute Gasteiger partial charge is 0.461 e. The van der Waals surface area contributed by atoms with Crippen molar-refractivity contribution in [3.8, 4) is 0 Å². The molecule has 1 nitrogen and oxygen atoms in total. The SMILES string of the molecule is Fc1ccc(Cc2cc3ccccc3o2)cc1. The Morgan fingerprint density at radius 1 is 0.941 bits per heavy atom. The minimum Gasteiger partial charge on any atom is -0.461 e. The van der Waals surface area contributed by atoms with Crippen molar-refractivity contribution in [3.63, 3.8) is 0 Å². The Morgan fingerprint density at radius 3 is 2.47 bits per heavy atom. The summed E-state index contributed by atoms with van der Waals surface area (Å²) < 4.78 is 18.5. The quantitative estimate of drug-likeness (QED) is 0.639. The van der Waals surface area contributed by atoms with Gasteiger partial charge in [0.15, 0.2) is 0 Å². The maximum Gasteiger partial charge on any atom is 0.134 e. The molecule has 0 unspecified atom stereocenters. The van der Waals surface area contributed by atoms with Crippen molar-refractivity contribution >= 4 is 11.0 Å². The lowest BCUT2D eigenvalue weighted by atomic mass is 10.1. The van der Waals surface area contributed by atoms with Crippen LogP contribution in [0, 0.1) is 5.82 Å². The molecule has 0 aliphatic rings. The summed E-state index contributed by atoms with van der Waals surface area (Å²) in [6, 6.07) is 16.4. The lowest BCUT2D eigenvalue weighted by molar-refractivity contribution is 0.562. The third-order valence-corrected chi connectivity index (χ3v) is 2.77. The van der Waals surface area contributed by atoms with E-state index < -0.39 is 0 Å². The fraction of sp³-hybridized carbons (Fsp3) is 0.0667. The van der Waals surface area contributed by atoms with Crippen LogP contribution in [-0.4, -0.2) is 0 Å². The van der Waals surface area contributed by atoms with Crippen LogP contribution >= 0.6 is 0 Å². The minimum absolute atomic E-state index is 0.210. The average molecular weight is 226 g/mol. The molecule has 3 aromatic rings. The number of hydrogen-bond acceptors (Lipinski definition) is 1. The molecule has 0 aliphatic heterocycles. The van der Waals surface area contributed by atoms with Gasteiger partial charge in [-0.25, -0.2) is 4.39 Å². The van der Waals surface area contributed by atoms with Crippen molar-refractivity contribution in [1.82, 2.24) is 0 Å². The summed E-state index contributed by atoms with van der Waals surface area (Å²) in [4.78, 5) is 0. The van der Waals surface area contributed by atoms with Crippen LogP contribution in [0.4, 0.5) is 4.39 Å². The number of para-hydroxylation sites is 1. The summed E-state index contributed by atoms with van der Waals surface area (Å²) in [6.07, 6.45) is 0.689. The molecule has 17 heavy (non-hydrogen) atoms. The van der Waals surface area contributed by atoms with Crippen LogP contribution in [0.5, 0.6) is 0 Å². The maximum atomic E-state index is 12.8. The molecule has 0 fully saturated rings. The van der Waals surface area contributed by atoms with Gasteiger partial charge < -0.3 is 4.42 Å². The summed E-state index contributed by atoms with van der Waals surface area (Å²) >= 11 is 0. The first-order chi connectivity index (χ1) is 8.31. The van der Waals surface area contributed by atoms with Crippen LogP contribution in [0.2, 0.25) is 0 Å². The maximum absolute atomic E-state index is 12.8. The lowest BCUT2D eigenvalue weighted by Crippen LogP contribution is -1.85. The van der Waals surface area contributed by atoms with Crippen molar-refractivity contribution < 1.29 is 8.81 Å². The van der Waals surface area contributed by atoms with Gasteiger partial charge in [-0.05, 0) is 29.8 Å². The normalized spacial score (nSPS) is 10.9. The monoisotopic (exact) mass is 226 g/mol. The zero-order valence-electron chi connectivity index (χ0n) is 9.19. The summed E-state index contributed by atoms with van der Waals surface area (Å²) in [5.74, 6) is 0.691. The highest BCUT2D eigenvalue weighted by atomic mass is 19.1. The molecule has 0 bridgehead atoms.